The maximum absolute atomic E-state index is 15.5. The molecule has 3 aromatic rings. The van der Waals surface area contributed by atoms with E-state index in [-0.39, 0.29) is 24.2 Å². The van der Waals surface area contributed by atoms with Crippen LogP contribution in [-0.4, -0.2) is 37.3 Å². The van der Waals surface area contributed by atoms with Gasteiger partial charge in [0.1, 0.15) is 11.5 Å². The average molecular weight is 649 g/mol. The fourth-order valence-electron chi connectivity index (χ4n) is 3.83. The molecule has 1 N–H and O–H groups in total. The van der Waals surface area contributed by atoms with Crippen LogP contribution < -0.4 is 15.0 Å². The van der Waals surface area contributed by atoms with Crippen LogP contribution in [0.2, 0.25) is 5.02 Å². The molecule has 2 amide bonds. The van der Waals surface area contributed by atoms with Gasteiger partial charge >= 0.3 is 24.6 Å². The Morgan fingerprint density at radius 3 is 2.02 bits per heavy atom. The van der Waals surface area contributed by atoms with Gasteiger partial charge in [-0.1, -0.05) is 17.7 Å². The van der Waals surface area contributed by atoms with Crippen LogP contribution in [0.25, 0.3) is 0 Å². The molecule has 0 aliphatic carbocycles. The molecule has 0 saturated carbocycles. The maximum Gasteiger partial charge on any atom is 0.435 e. The van der Waals surface area contributed by atoms with E-state index < -0.39 is 81.4 Å². The summed E-state index contributed by atoms with van der Waals surface area (Å²) < 4.78 is 153. The number of nitrogens with one attached hydrogen (secondary N) is 1. The van der Waals surface area contributed by atoms with Gasteiger partial charge in [-0.2, -0.15) is 35.1 Å². The van der Waals surface area contributed by atoms with E-state index in [0.717, 1.165) is 47.4 Å². The number of rotatable bonds is 8. The summed E-state index contributed by atoms with van der Waals surface area (Å²) in [5.41, 5.74) is -11.0. The van der Waals surface area contributed by atoms with Crippen molar-refractivity contribution in [2.45, 2.75) is 31.6 Å². The number of hydrogen-bond acceptors (Lipinski definition) is 3. The number of ether oxygens (including phenoxy) is 1. The lowest BCUT2D eigenvalue weighted by Crippen LogP contribution is -2.50. The number of benzene rings is 3. The Hall–Kier alpha value is -4.08. The molecule has 0 radical (unpaired) electrons. The molecule has 0 unspecified atom stereocenters. The van der Waals surface area contributed by atoms with E-state index in [1.165, 1.54) is 6.92 Å². The highest BCUT2D eigenvalue weighted by molar-refractivity contribution is 6.34. The molecule has 0 atom stereocenters. The number of anilines is 2. The Kier molecular flexibility index (Phi) is 9.53. The second-order valence-corrected chi connectivity index (χ2v) is 8.92. The fraction of sp³-hybridized carbons (Fsp3) is 0.231. The maximum atomic E-state index is 15.5. The molecular formula is C26H16ClF11N2O3. The number of halogens is 12. The van der Waals surface area contributed by atoms with E-state index >= 15 is 4.39 Å². The van der Waals surface area contributed by atoms with Crippen LogP contribution in [0.4, 0.5) is 59.7 Å². The minimum Gasteiger partial charge on any atom is -0.433 e. The summed E-state index contributed by atoms with van der Waals surface area (Å²) in [6.45, 7) is -2.67. The topological polar surface area (TPSA) is 58.6 Å². The first-order valence-corrected chi connectivity index (χ1v) is 12.0. The Balaban J connectivity index is 2.07. The lowest BCUT2D eigenvalue weighted by atomic mass is 9.93. The van der Waals surface area contributed by atoms with E-state index in [2.05, 4.69) is 4.74 Å². The highest BCUT2D eigenvalue weighted by atomic mass is 35.5. The monoisotopic (exact) mass is 648 g/mol. The second-order valence-electron chi connectivity index (χ2n) is 8.51. The van der Waals surface area contributed by atoms with Gasteiger partial charge in [-0.15, -0.1) is 0 Å². The third-order valence-corrected chi connectivity index (χ3v) is 6.15. The number of hydrogen-bond donors (Lipinski definition) is 1. The first-order chi connectivity index (χ1) is 19.8. The zero-order chi connectivity index (χ0) is 32.5. The first kappa shape index (κ1) is 33.4. The molecule has 0 saturated heterocycles. The van der Waals surface area contributed by atoms with Crippen LogP contribution in [0.3, 0.4) is 0 Å². The lowest BCUT2D eigenvalue weighted by molar-refractivity contribution is -0.348. The van der Waals surface area contributed by atoms with Crippen molar-refractivity contribution in [3.8, 4) is 5.75 Å². The standard InChI is InChI=1S/C26H16ClF11N2O3/c1-2-40(22(42)12-6-8-14(28)9-7-12)17-5-3-4-15(19(17)29)21(41)39-20-16(27)10-13(11-18(20)43-23(30)31)24(32,25(33,34)35)26(36,37)38/h3-11,23H,2H2,1H3,(H,39,41). The zero-order valence-electron chi connectivity index (χ0n) is 21.2. The molecular weight excluding hydrogens is 633 g/mol. The van der Waals surface area contributed by atoms with Gasteiger partial charge in [0.25, 0.3) is 11.8 Å². The third-order valence-electron chi connectivity index (χ3n) is 5.85. The summed E-state index contributed by atoms with van der Waals surface area (Å²) in [4.78, 5) is 26.7. The van der Waals surface area contributed by atoms with Gasteiger partial charge in [-0.3, -0.25) is 9.59 Å². The Bertz CT molecular complexity index is 1500. The second kappa shape index (κ2) is 12.3. The van der Waals surface area contributed by atoms with Crippen molar-refractivity contribution in [3.05, 3.63) is 87.9 Å². The third kappa shape index (κ3) is 6.63. The Morgan fingerprint density at radius 2 is 1.51 bits per heavy atom. The molecule has 17 heteroatoms. The van der Waals surface area contributed by atoms with Gasteiger partial charge in [0.15, 0.2) is 11.6 Å². The van der Waals surface area contributed by atoms with Gasteiger partial charge < -0.3 is 15.0 Å². The molecule has 0 bridgehead atoms. The van der Waals surface area contributed by atoms with Crippen molar-refractivity contribution in [1.29, 1.82) is 0 Å². The molecule has 3 rings (SSSR count). The smallest absolute Gasteiger partial charge is 0.433 e. The summed E-state index contributed by atoms with van der Waals surface area (Å²) in [6.07, 6.45) is -13.3. The summed E-state index contributed by atoms with van der Waals surface area (Å²) in [7, 11) is 0. The molecule has 0 spiro atoms. The molecule has 0 aliphatic rings. The molecule has 43 heavy (non-hydrogen) atoms. The van der Waals surface area contributed by atoms with Crippen LogP contribution in [0.5, 0.6) is 5.75 Å². The number of carbonyl (C=O) groups is 2. The van der Waals surface area contributed by atoms with Crippen molar-refractivity contribution in [2.75, 3.05) is 16.8 Å². The summed E-state index contributed by atoms with van der Waals surface area (Å²) in [5.74, 6) is -6.01. The molecule has 5 nitrogen and oxygen atoms in total. The van der Waals surface area contributed by atoms with Crippen LogP contribution in [0, 0.1) is 11.6 Å². The normalized spacial score (nSPS) is 12.3. The van der Waals surface area contributed by atoms with E-state index in [9.17, 15) is 53.5 Å². The van der Waals surface area contributed by atoms with Crippen LogP contribution >= 0.6 is 11.6 Å². The fourth-order valence-corrected chi connectivity index (χ4v) is 4.09. The van der Waals surface area contributed by atoms with Crippen LogP contribution in [0.1, 0.15) is 33.2 Å². The minimum atomic E-state index is -6.64. The molecule has 0 heterocycles. The van der Waals surface area contributed by atoms with E-state index in [4.69, 9.17) is 11.6 Å². The summed E-state index contributed by atoms with van der Waals surface area (Å²) in [5, 5.41) is 0.440. The first-order valence-electron chi connectivity index (χ1n) is 11.6. The van der Waals surface area contributed by atoms with Crippen molar-refractivity contribution in [3.63, 3.8) is 0 Å². The van der Waals surface area contributed by atoms with Crippen molar-refractivity contribution >= 4 is 34.8 Å². The van der Waals surface area contributed by atoms with Gasteiger partial charge in [-0.25, -0.2) is 13.2 Å². The Morgan fingerprint density at radius 1 is 0.930 bits per heavy atom. The number of nitrogens with zero attached hydrogens (tertiary/aromatic N) is 1. The average Bonchev–Trinajstić information content (AvgIpc) is 2.89. The van der Waals surface area contributed by atoms with Crippen molar-refractivity contribution < 1.29 is 62.6 Å². The number of carbonyl (C=O) groups excluding carboxylic acids is 2. The molecule has 232 valence electrons. The van der Waals surface area contributed by atoms with Gasteiger partial charge in [0.2, 0.25) is 0 Å². The van der Waals surface area contributed by atoms with E-state index in [1.807, 2.05) is 0 Å². The van der Waals surface area contributed by atoms with Crippen LogP contribution in [-0.2, 0) is 5.67 Å². The molecule has 0 aliphatic heterocycles. The quantitative estimate of drug-likeness (QED) is 0.250. The van der Waals surface area contributed by atoms with E-state index in [0.29, 0.717) is 0 Å². The van der Waals surface area contributed by atoms with Gasteiger partial charge in [0.05, 0.1) is 16.3 Å². The van der Waals surface area contributed by atoms with Crippen molar-refractivity contribution in [1.82, 2.24) is 0 Å². The highest BCUT2D eigenvalue weighted by Gasteiger charge is 2.73. The Labute approximate surface area is 239 Å². The van der Waals surface area contributed by atoms with Crippen molar-refractivity contribution in [2.24, 2.45) is 0 Å². The molecule has 0 aromatic heterocycles. The lowest BCUT2D eigenvalue weighted by Gasteiger charge is -2.31. The highest BCUT2D eigenvalue weighted by Crippen LogP contribution is 2.55. The van der Waals surface area contributed by atoms with Gasteiger partial charge in [-0.05, 0) is 55.5 Å². The molecule has 0 fully saturated rings. The molecule has 3 aromatic carbocycles. The van der Waals surface area contributed by atoms with Gasteiger partial charge in [0, 0.05) is 17.7 Å². The van der Waals surface area contributed by atoms with E-state index in [1.54, 1.807) is 5.32 Å². The number of alkyl halides is 9. The number of amides is 2. The largest absolute Gasteiger partial charge is 0.435 e. The summed E-state index contributed by atoms with van der Waals surface area (Å²) in [6, 6.07) is 6.52. The predicted molar refractivity (Wildman–Crippen MR) is 131 cm³/mol. The zero-order valence-corrected chi connectivity index (χ0v) is 21.9. The summed E-state index contributed by atoms with van der Waals surface area (Å²) >= 11 is 5.71. The SMILES string of the molecule is CCN(C(=O)c1ccc(F)cc1)c1cccc(C(=O)Nc2c(Cl)cc(C(F)(C(F)(F)F)C(F)(F)F)cc2OC(F)F)c1F. The predicted octanol–water partition coefficient (Wildman–Crippen LogP) is 8.43. The minimum absolute atomic E-state index is 0.0696. The van der Waals surface area contributed by atoms with Crippen LogP contribution in [0.15, 0.2) is 54.6 Å².